The van der Waals surface area contributed by atoms with E-state index in [1.54, 1.807) is 0 Å². The van der Waals surface area contributed by atoms with E-state index in [1.807, 2.05) is 0 Å². The van der Waals surface area contributed by atoms with Crippen LogP contribution in [0.1, 0.15) is 17.1 Å². The van der Waals surface area contributed by atoms with Crippen LogP contribution in [0.4, 0.5) is 0 Å². The van der Waals surface area contributed by atoms with Gasteiger partial charge in [-0.2, -0.15) is 0 Å². The molecule has 1 unspecified atom stereocenters. The van der Waals surface area contributed by atoms with Crippen molar-refractivity contribution >= 4 is 5.97 Å². The quantitative estimate of drug-likeness (QED) is 0.672. The Hall–Kier alpha value is -1.75. The lowest BCUT2D eigenvalue weighted by Crippen LogP contribution is -2.10. The smallest absolute Gasteiger partial charge is 0.337 e. The zero-order valence-electron chi connectivity index (χ0n) is 11.2. The van der Waals surface area contributed by atoms with Crippen molar-refractivity contribution in [2.45, 2.75) is 6.08 Å². The fourth-order valence-corrected chi connectivity index (χ4v) is 0.755. The lowest BCUT2D eigenvalue weighted by atomic mass is 10.5. The Morgan fingerprint density at radius 3 is 2.86 bits per heavy atom. The monoisotopic (exact) mass is 207 g/mol. The standard InChI is InChI=1S/C9H10O5/c1-14-7-4-5(2-3-6(7)10)8(11)9(12)13/h2-4,8,10-11H,1H3,(H,12,13)/i2+1D,3+1D,4+1D,5+1,7+1,8D. The highest BCUT2D eigenvalue weighted by Crippen LogP contribution is 2.28. The maximum atomic E-state index is 10.8. The van der Waals surface area contributed by atoms with E-state index in [0.29, 0.717) is 0 Å². The summed E-state index contributed by atoms with van der Waals surface area (Å²) < 4.78 is 34.2. The highest BCUT2D eigenvalue weighted by Gasteiger charge is 2.17. The van der Waals surface area contributed by atoms with Gasteiger partial charge in [-0.25, -0.2) is 4.79 Å². The number of hydrogen-bond acceptors (Lipinski definition) is 4. The molecule has 0 aliphatic rings. The van der Waals surface area contributed by atoms with Crippen molar-refractivity contribution in [2.75, 3.05) is 7.11 Å². The molecule has 5 nitrogen and oxygen atoms in total. The van der Waals surface area contributed by atoms with Gasteiger partial charge in [-0.15, -0.1) is 0 Å². The van der Waals surface area contributed by atoms with Crippen molar-refractivity contribution in [1.82, 2.24) is 0 Å². The van der Waals surface area contributed by atoms with Crippen LogP contribution in [0.5, 0.6) is 11.5 Å². The van der Waals surface area contributed by atoms with E-state index in [-0.39, 0.29) is 0 Å². The normalized spacial score (nSPS) is 18.4. The second-order valence-electron chi connectivity index (χ2n) is 2.29. The molecule has 0 bridgehead atoms. The van der Waals surface area contributed by atoms with E-state index in [1.165, 1.54) is 0 Å². The number of ether oxygens (including phenoxy) is 1. The van der Waals surface area contributed by atoms with Gasteiger partial charge < -0.3 is 20.1 Å². The summed E-state index contributed by atoms with van der Waals surface area (Å²) in [5.74, 6) is -3.40. The van der Waals surface area contributed by atoms with Crippen LogP contribution in [-0.2, 0) is 4.79 Å². The van der Waals surface area contributed by atoms with Gasteiger partial charge in [0.1, 0.15) is 0 Å². The molecule has 1 aromatic rings. The number of benzene rings is 1. The minimum atomic E-state index is -3.27. The van der Waals surface area contributed by atoms with E-state index < -0.39 is 47.2 Å². The fraction of sp³-hybridized carbons (Fsp3) is 0.222. The zero-order valence-corrected chi connectivity index (χ0v) is 7.16. The van der Waals surface area contributed by atoms with E-state index >= 15 is 0 Å². The van der Waals surface area contributed by atoms with Crippen molar-refractivity contribution in [2.24, 2.45) is 0 Å². The molecule has 0 amide bonds. The molecule has 0 saturated heterocycles. The molecule has 14 heavy (non-hydrogen) atoms. The molecule has 76 valence electrons. The molecule has 0 saturated carbocycles. The largest absolute Gasteiger partial charge is 0.504 e. The topological polar surface area (TPSA) is 87.0 Å². The maximum absolute atomic E-state index is 10.8. The van der Waals surface area contributed by atoms with E-state index in [0.717, 1.165) is 7.11 Å². The fourth-order valence-electron chi connectivity index (χ4n) is 0.755. The maximum Gasteiger partial charge on any atom is 0.337 e. The Morgan fingerprint density at radius 2 is 2.36 bits per heavy atom. The summed E-state index contributed by atoms with van der Waals surface area (Å²) in [5.41, 5.74) is -0.936. The van der Waals surface area contributed by atoms with Gasteiger partial charge in [0.15, 0.2) is 17.6 Å². The van der Waals surface area contributed by atoms with Gasteiger partial charge >= 0.3 is 5.97 Å². The number of phenols is 1. The number of carboxylic acids is 1. The molecular weight excluding hydrogens is 193 g/mol. The predicted molar refractivity (Wildman–Crippen MR) is 47.3 cm³/mol. The average molecular weight is 207 g/mol. The second-order valence-corrected chi connectivity index (χ2v) is 2.29. The lowest BCUT2D eigenvalue weighted by molar-refractivity contribution is -0.146. The molecule has 0 aliphatic heterocycles. The molecule has 0 aromatic heterocycles. The number of carbonyl (C=O) groups is 1. The highest BCUT2D eigenvalue weighted by atomic mass is 16.5. The summed E-state index contributed by atoms with van der Waals surface area (Å²) in [4.78, 5) is 10.8. The summed E-state index contributed by atoms with van der Waals surface area (Å²) >= 11 is 0. The van der Waals surface area contributed by atoms with Crippen molar-refractivity contribution in [1.29, 1.82) is 0 Å². The van der Waals surface area contributed by atoms with Gasteiger partial charge in [-0.3, -0.25) is 0 Å². The number of hydrogen-bond donors (Lipinski definition) is 3. The number of phenolic OH excluding ortho intramolecular Hbond substituents is 1. The van der Waals surface area contributed by atoms with Crippen LogP contribution >= 0.6 is 0 Å². The molecule has 1 aromatic carbocycles. The molecule has 0 spiro atoms. The Bertz CT molecular complexity index is 514. The highest BCUT2D eigenvalue weighted by molar-refractivity contribution is 5.74. The van der Waals surface area contributed by atoms with E-state index in [4.69, 9.17) is 10.6 Å². The van der Waals surface area contributed by atoms with Crippen molar-refractivity contribution < 1.29 is 30.3 Å². The van der Waals surface area contributed by atoms with Gasteiger partial charge in [-0.1, -0.05) is 6.04 Å². The zero-order chi connectivity index (χ0) is 14.2. The van der Waals surface area contributed by atoms with Gasteiger partial charge in [0.05, 0.1) is 12.6 Å². The Labute approximate surface area is 85.8 Å². The third kappa shape index (κ3) is 1.94. The Kier molecular flexibility index (Phi) is 1.67. The predicted octanol–water partition coefficient (Wildman–Crippen LogP) is 0.519. The summed E-state index contributed by atoms with van der Waals surface area (Å²) in [6.07, 6.45) is -3.27. The molecule has 1 rings (SSSR count). The van der Waals surface area contributed by atoms with Crippen molar-refractivity contribution in [3.05, 3.63) is 23.7 Å². The molecule has 5 heteroatoms. The van der Waals surface area contributed by atoms with Crippen molar-refractivity contribution in [3.8, 4) is 11.5 Å². The molecule has 0 aliphatic carbocycles. The van der Waals surface area contributed by atoms with Crippen LogP contribution in [0, 0.1) is 0 Å². The Balaban J connectivity index is 3.75. The molecule has 0 radical (unpaired) electrons. The average Bonchev–Trinajstić information content (AvgIpc) is 2.26. The second kappa shape index (κ2) is 3.97. The first kappa shape index (κ1) is 5.87. The van der Waals surface area contributed by atoms with Crippen LogP contribution in [0.3, 0.4) is 0 Å². The van der Waals surface area contributed by atoms with E-state index in [9.17, 15) is 15.0 Å². The summed E-state index contributed by atoms with van der Waals surface area (Å²) in [6, 6.07) is -2.57. The Morgan fingerprint density at radius 1 is 1.71 bits per heavy atom. The lowest BCUT2D eigenvalue weighted by Gasteiger charge is -2.08. The number of aromatic hydroxyl groups is 1. The number of methoxy groups -OCH3 is 1. The molecule has 3 N–H and O–H groups in total. The SMILES string of the molecule is [2H][13c]1c(O)[13c](OC)[13c]([2H])[13c](C([2H])(O)C(=O)O)[13c]1[2H]. The van der Waals surface area contributed by atoms with Crippen LogP contribution in [0.2, 0.25) is 0 Å². The third-order valence-corrected chi connectivity index (χ3v) is 1.40. The first-order valence-electron chi connectivity index (χ1n) is 5.49. The van der Waals surface area contributed by atoms with Gasteiger partial charge in [0, 0.05) is 0 Å². The minimum Gasteiger partial charge on any atom is -0.504 e. The van der Waals surface area contributed by atoms with Crippen LogP contribution < -0.4 is 4.74 Å². The molecule has 0 heterocycles. The third-order valence-electron chi connectivity index (χ3n) is 1.40. The van der Waals surface area contributed by atoms with Gasteiger partial charge in [0.2, 0.25) is 0 Å². The van der Waals surface area contributed by atoms with Crippen LogP contribution in [0.25, 0.3) is 0 Å². The number of rotatable bonds is 3. The minimum absolute atomic E-state index is 0.571. The molecule has 0 fully saturated rings. The van der Waals surface area contributed by atoms with Gasteiger partial charge in [0.25, 0.3) is 0 Å². The summed E-state index contributed by atoms with van der Waals surface area (Å²) in [6.45, 7) is 0. The van der Waals surface area contributed by atoms with Crippen molar-refractivity contribution in [3.63, 3.8) is 0 Å². The van der Waals surface area contributed by atoms with E-state index in [2.05, 4.69) is 4.74 Å². The van der Waals surface area contributed by atoms with Crippen LogP contribution in [-0.4, -0.2) is 28.4 Å². The molecular formula is C9H10O5. The first-order chi connectivity index (χ1) is 8.16. The summed E-state index contributed by atoms with van der Waals surface area (Å²) in [7, 11) is 1.06. The van der Waals surface area contributed by atoms with Crippen LogP contribution in [0.15, 0.2) is 18.1 Å². The number of aliphatic hydroxyl groups is 1. The number of carboxylic acid groups (broad SMARTS) is 1. The molecule has 1 atom stereocenters. The number of aliphatic carboxylic acids is 1. The van der Waals surface area contributed by atoms with Gasteiger partial charge in [-0.05, 0) is 17.6 Å². The first-order valence-corrected chi connectivity index (χ1v) is 3.49. The summed E-state index contributed by atoms with van der Waals surface area (Å²) in [5, 5.41) is 27.6.